The number of hydrogen-bond acceptors (Lipinski definition) is 0. The van der Waals surface area contributed by atoms with E-state index >= 15 is 0 Å². The second kappa shape index (κ2) is 4.26. The third-order valence-electron chi connectivity index (χ3n) is 0. The van der Waals surface area contributed by atoms with Gasteiger partial charge in [-0.25, -0.2) is 0 Å². The summed E-state index contributed by atoms with van der Waals surface area (Å²) in [7, 11) is 0. The minimum absolute atomic E-state index is 0. The molecule has 0 aliphatic carbocycles. The first-order chi connectivity index (χ1) is 1.73. The minimum Gasteiger partial charge on any atom is -0.100 e. The molecule has 0 aromatic heterocycles. The van der Waals surface area contributed by atoms with Gasteiger partial charge in [-0.2, -0.15) is 0 Å². The van der Waals surface area contributed by atoms with Crippen LogP contribution in [0.15, 0.2) is 12.2 Å². The van der Waals surface area contributed by atoms with Gasteiger partial charge in [-0.15, -0.1) is 6.58 Å². The molecule has 0 atom stereocenters. The standard InChI is InChI=1S/C4H8.Mn/c1-4(2)3;/h1H2,2-3H3;. The smallest absolute Gasteiger partial charge is 0 e. The Labute approximate surface area is 43.7 Å². The molecule has 1 radical (unpaired) electrons. The van der Waals surface area contributed by atoms with Crippen LogP contribution in [0.2, 0.25) is 0 Å². The van der Waals surface area contributed by atoms with E-state index in [1.165, 1.54) is 5.57 Å². The van der Waals surface area contributed by atoms with Crippen LogP contribution in [0.1, 0.15) is 13.8 Å². The average Bonchev–Trinajstić information content (AvgIpc) is 0.811. The molecule has 0 fully saturated rings. The van der Waals surface area contributed by atoms with Crippen LogP contribution in [0.3, 0.4) is 0 Å². The monoisotopic (exact) mass is 111 g/mol. The molecule has 0 bridgehead atoms. The zero-order valence-corrected chi connectivity index (χ0v) is 4.77. The molecule has 0 saturated heterocycles. The van der Waals surface area contributed by atoms with Crippen LogP contribution in [-0.4, -0.2) is 0 Å². The molecule has 0 aliphatic heterocycles. The quantitative estimate of drug-likeness (QED) is 0.329. The Morgan fingerprint density at radius 2 is 1.40 bits per heavy atom. The van der Waals surface area contributed by atoms with Crippen LogP contribution in [0.4, 0.5) is 0 Å². The largest absolute Gasteiger partial charge is 0.100 e. The van der Waals surface area contributed by atoms with Gasteiger partial charge in [-0.05, 0) is 13.8 Å². The van der Waals surface area contributed by atoms with E-state index in [1.54, 1.807) is 0 Å². The van der Waals surface area contributed by atoms with E-state index in [9.17, 15) is 0 Å². The van der Waals surface area contributed by atoms with Crippen molar-refractivity contribution in [3.63, 3.8) is 0 Å². The van der Waals surface area contributed by atoms with Crippen molar-refractivity contribution < 1.29 is 17.1 Å². The fourth-order valence-electron chi connectivity index (χ4n) is 0. The molecule has 0 rings (SSSR count). The summed E-state index contributed by atoms with van der Waals surface area (Å²) in [5.41, 5.74) is 1.17. The fourth-order valence-corrected chi connectivity index (χ4v) is 0. The van der Waals surface area contributed by atoms with E-state index in [4.69, 9.17) is 0 Å². The van der Waals surface area contributed by atoms with Gasteiger partial charge in [0.25, 0.3) is 0 Å². The SMILES string of the molecule is C=C(C)C.[Mn]. The molecular weight excluding hydrogens is 103 g/mol. The van der Waals surface area contributed by atoms with Crippen LogP contribution < -0.4 is 0 Å². The van der Waals surface area contributed by atoms with Gasteiger partial charge >= 0.3 is 0 Å². The molecular formula is C4H8Mn. The van der Waals surface area contributed by atoms with Crippen LogP contribution in [-0.2, 0) is 17.1 Å². The van der Waals surface area contributed by atoms with Gasteiger partial charge < -0.3 is 0 Å². The average molecular weight is 111 g/mol. The number of hydrogen-bond donors (Lipinski definition) is 0. The Morgan fingerprint density at radius 1 is 1.40 bits per heavy atom. The molecule has 0 saturated carbocycles. The van der Waals surface area contributed by atoms with Crippen LogP contribution in [0.5, 0.6) is 0 Å². The van der Waals surface area contributed by atoms with E-state index in [-0.39, 0.29) is 17.1 Å². The van der Waals surface area contributed by atoms with Gasteiger partial charge in [0.05, 0.1) is 0 Å². The third-order valence-corrected chi connectivity index (χ3v) is 0. The summed E-state index contributed by atoms with van der Waals surface area (Å²) >= 11 is 0. The van der Waals surface area contributed by atoms with Gasteiger partial charge in [0.2, 0.25) is 0 Å². The summed E-state index contributed by atoms with van der Waals surface area (Å²) in [4.78, 5) is 0. The summed E-state index contributed by atoms with van der Waals surface area (Å²) in [5, 5.41) is 0. The molecule has 31 valence electrons. The van der Waals surface area contributed by atoms with Crippen molar-refractivity contribution in [1.29, 1.82) is 0 Å². The van der Waals surface area contributed by atoms with Crippen molar-refractivity contribution in [1.82, 2.24) is 0 Å². The summed E-state index contributed by atoms with van der Waals surface area (Å²) < 4.78 is 0. The first-order valence-corrected chi connectivity index (χ1v) is 1.35. The zero-order chi connectivity index (χ0) is 3.58. The summed E-state index contributed by atoms with van der Waals surface area (Å²) in [6.45, 7) is 7.50. The van der Waals surface area contributed by atoms with E-state index in [0.717, 1.165) is 0 Å². The van der Waals surface area contributed by atoms with Gasteiger partial charge in [0, 0.05) is 17.1 Å². The molecule has 0 nitrogen and oxygen atoms in total. The topological polar surface area (TPSA) is 0 Å². The molecule has 0 heterocycles. The van der Waals surface area contributed by atoms with Gasteiger partial charge in [0.1, 0.15) is 0 Å². The van der Waals surface area contributed by atoms with Crippen molar-refractivity contribution >= 4 is 0 Å². The number of rotatable bonds is 0. The normalized spacial score (nSPS) is 5.20. The first kappa shape index (κ1) is 8.98. The van der Waals surface area contributed by atoms with Gasteiger partial charge in [-0.3, -0.25) is 0 Å². The second-order valence-electron chi connectivity index (χ2n) is 1.21. The Bertz CT molecular complexity index is 26.6. The maximum atomic E-state index is 3.56. The zero-order valence-electron chi connectivity index (χ0n) is 3.59. The van der Waals surface area contributed by atoms with E-state index in [2.05, 4.69) is 6.58 Å². The summed E-state index contributed by atoms with van der Waals surface area (Å²) in [6.07, 6.45) is 0. The molecule has 0 aliphatic rings. The number of allylic oxidation sites excluding steroid dienone is 1. The van der Waals surface area contributed by atoms with Crippen LogP contribution in [0, 0.1) is 0 Å². The van der Waals surface area contributed by atoms with Crippen LogP contribution >= 0.6 is 0 Å². The molecule has 0 N–H and O–H groups in total. The molecule has 0 unspecified atom stereocenters. The van der Waals surface area contributed by atoms with E-state index in [0.29, 0.717) is 0 Å². The second-order valence-corrected chi connectivity index (χ2v) is 1.21. The first-order valence-electron chi connectivity index (χ1n) is 1.35. The van der Waals surface area contributed by atoms with Crippen LogP contribution in [0.25, 0.3) is 0 Å². The maximum Gasteiger partial charge on any atom is 0 e. The summed E-state index contributed by atoms with van der Waals surface area (Å²) in [5.74, 6) is 0. The van der Waals surface area contributed by atoms with Crippen molar-refractivity contribution in [2.75, 3.05) is 0 Å². The third kappa shape index (κ3) is 323. The predicted molar refractivity (Wildman–Crippen MR) is 20.5 cm³/mol. The molecule has 0 aromatic carbocycles. The minimum atomic E-state index is 0. The molecule has 5 heavy (non-hydrogen) atoms. The molecule has 0 amide bonds. The van der Waals surface area contributed by atoms with E-state index < -0.39 is 0 Å². The van der Waals surface area contributed by atoms with Crippen molar-refractivity contribution in [3.05, 3.63) is 12.2 Å². The van der Waals surface area contributed by atoms with Crippen molar-refractivity contribution in [2.24, 2.45) is 0 Å². The van der Waals surface area contributed by atoms with E-state index in [1.807, 2.05) is 13.8 Å². The summed E-state index contributed by atoms with van der Waals surface area (Å²) in [6, 6.07) is 0. The molecule has 0 spiro atoms. The van der Waals surface area contributed by atoms with Crippen molar-refractivity contribution in [3.8, 4) is 0 Å². The van der Waals surface area contributed by atoms with Gasteiger partial charge in [-0.1, -0.05) is 5.57 Å². The Morgan fingerprint density at radius 3 is 1.40 bits per heavy atom. The van der Waals surface area contributed by atoms with Crippen molar-refractivity contribution in [2.45, 2.75) is 13.8 Å². The van der Waals surface area contributed by atoms with Gasteiger partial charge in [0.15, 0.2) is 0 Å². The molecule has 1 heteroatoms. The Hall–Kier alpha value is 0.259. The Balaban J connectivity index is 0. The fraction of sp³-hybridized carbons (Fsp3) is 0.500. The Kier molecular flexibility index (Phi) is 7.65. The maximum absolute atomic E-state index is 3.56. The molecule has 0 aromatic rings. The predicted octanol–water partition coefficient (Wildman–Crippen LogP) is 1.58.